The van der Waals surface area contributed by atoms with Crippen LogP contribution in [0, 0.1) is 17.7 Å². The predicted molar refractivity (Wildman–Crippen MR) is 77.6 cm³/mol. The quantitative estimate of drug-likeness (QED) is 0.838. The highest BCUT2D eigenvalue weighted by Gasteiger charge is 2.09. The van der Waals surface area contributed by atoms with Crippen molar-refractivity contribution < 1.29 is 14.3 Å². The highest BCUT2D eigenvalue weighted by Crippen LogP contribution is 2.13. The molecule has 1 amide bonds. The molecule has 106 valence electrons. The number of amides is 1. The number of nitrogens with one attached hydrogen (secondary N) is 1. The highest BCUT2D eigenvalue weighted by atomic mass is 35.5. The second kappa shape index (κ2) is 6.84. The van der Waals surface area contributed by atoms with E-state index < -0.39 is 11.7 Å². The third-order valence-corrected chi connectivity index (χ3v) is 2.73. The molecule has 0 fully saturated rings. The summed E-state index contributed by atoms with van der Waals surface area (Å²) in [7, 11) is 0. The summed E-state index contributed by atoms with van der Waals surface area (Å²) < 4.78 is 13.7. The zero-order chi connectivity index (χ0) is 15.2. The van der Waals surface area contributed by atoms with Gasteiger partial charge in [-0.1, -0.05) is 23.4 Å². The number of pyridine rings is 1. The minimum Gasteiger partial charge on any atom is -0.384 e. The minimum atomic E-state index is -0.632. The van der Waals surface area contributed by atoms with Crippen LogP contribution in [0.5, 0.6) is 0 Å². The maximum absolute atomic E-state index is 13.7. The van der Waals surface area contributed by atoms with Gasteiger partial charge < -0.3 is 10.4 Å². The van der Waals surface area contributed by atoms with E-state index in [-0.39, 0.29) is 17.7 Å². The lowest BCUT2D eigenvalue weighted by molar-refractivity contribution is 0.102. The molecule has 2 rings (SSSR count). The van der Waals surface area contributed by atoms with Gasteiger partial charge in [0.25, 0.3) is 5.91 Å². The number of aliphatic hydroxyl groups is 1. The molecule has 1 heterocycles. The van der Waals surface area contributed by atoms with Crippen molar-refractivity contribution in [1.29, 1.82) is 0 Å². The summed E-state index contributed by atoms with van der Waals surface area (Å²) in [6, 6.07) is 7.01. The van der Waals surface area contributed by atoms with Crippen LogP contribution in [0.3, 0.4) is 0 Å². The molecule has 0 saturated carbocycles. The lowest BCUT2D eigenvalue weighted by Crippen LogP contribution is -2.13. The number of halogens is 2. The third-order valence-electron chi connectivity index (χ3n) is 2.50. The van der Waals surface area contributed by atoms with Crippen LogP contribution in [0.1, 0.15) is 15.9 Å². The topological polar surface area (TPSA) is 62.2 Å². The Morgan fingerprint density at radius 2 is 2.19 bits per heavy atom. The number of nitrogens with zero attached hydrogens (tertiary/aromatic N) is 1. The van der Waals surface area contributed by atoms with Gasteiger partial charge in [0.15, 0.2) is 0 Å². The van der Waals surface area contributed by atoms with Crippen molar-refractivity contribution in [3.63, 3.8) is 0 Å². The average molecular weight is 305 g/mol. The number of anilines is 1. The Hall–Kier alpha value is -2.42. The fourth-order valence-corrected chi connectivity index (χ4v) is 1.64. The van der Waals surface area contributed by atoms with E-state index in [2.05, 4.69) is 22.1 Å². The Balaban J connectivity index is 2.16. The Labute approximate surface area is 125 Å². The van der Waals surface area contributed by atoms with Gasteiger partial charge in [-0.2, -0.15) is 0 Å². The number of hydrogen-bond acceptors (Lipinski definition) is 3. The van der Waals surface area contributed by atoms with Crippen LogP contribution < -0.4 is 5.32 Å². The number of carbonyl (C=O) groups is 1. The molecule has 2 N–H and O–H groups in total. The number of rotatable bonds is 2. The molecule has 2 aromatic rings. The van der Waals surface area contributed by atoms with Crippen LogP contribution in [-0.2, 0) is 0 Å². The molecule has 0 bridgehead atoms. The normalized spacial score (nSPS) is 9.67. The number of aromatic nitrogens is 1. The van der Waals surface area contributed by atoms with Crippen molar-refractivity contribution in [2.75, 3.05) is 11.9 Å². The molecule has 0 atom stereocenters. The summed E-state index contributed by atoms with van der Waals surface area (Å²) in [6.45, 7) is -0.357. The Bertz CT molecular complexity index is 721. The molecule has 1 aromatic heterocycles. The van der Waals surface area contributed by atoms with Gasteiger partial charge in [0, 0.05) is 11.8 Å². The van der Waals surface area contributed by atoms with Gasteiger partial charge in [-0.05, 0) is 30.3 Å². The van der Waals surface area contributed by atoms with Crippen LogP contribution in [-0.4, -0.2) is 22.6 Å². The first kappa shape index (κ1) is 15.0. The van der Waals surface area contributed by atoms with E-state index in [1.165, 1.54) is 24.4 Å². The monoisotopic (exact) mass is 304 g/mol. The second-order valence-corrected chi connectivity index (χ2v) is 4.41. The Morgan fingerprint density at radius 3 is 2.81 bits per heavy atom. The SMILES string of the molecule is O=C(Nc1ccc(Cl)cn1)c1ccc(C#CCO)c(F)c1. The van der Waals surface area contributed by atoms with Crippen molar-refractivity contribution >= 4 is 23.3 Å². The van der Waals surface area contributed by atoms with Gasteiger partial charge >= 0.3 is 0 Å². The molecule has 0 saturated heterocycles. The largest absolute Gasteiger partial charge is 0.384 e. The number of carbonyl (C=O) groups excluding carboxylic acids is 1. The maximum atomic E-state index is 13.7. The van der Waals surface area contributed by atoms with Crippen molar-refractivity contribution in [1.82, 2.24) is 4.98 Å². The minimum absolute atomic E-state index is 0.116. The molecule has 4 nitrogen and oxygen atoms in total. The van der Waals surface area contributed by atoms with Gasteiger partial charge in [0.1, 0.15) is 18.2 Å². The van der Waals surface area contributed by atoms with Crippen molar-refractivity contribution in [2.24, 2.45) is 0 Å². The van der Waals surface area contributed by atoms with Gasteiger partial charge in [0.05, 0.1) is 10.6 Å². The molecule has 0 aliphatic heterocycles. The molecule has 0 unspecified atom stereocenters. The van der Waals surface area contributed by atoms with E-state index in [4.69, 9.17) is 16.7 Å². The van der Waals surface area contributed by atoms with E-state index >= 15 is 0 Å². The molecule has 0 radical (unpaired) electrons. The Morgan fingerprint density at radius 1 is 1.38 bits per heavy atom. The molecule has 0 spiro atoms. The van der Waals surface area contributed by atoms with Crippen molar-refractivity contribution in [2.45, 2.75) is 0 Å². The van der Waals surface area contributed by atoms with E-state index in [9.17, 15) is 9.18 Å². The predicted octanol–water partition coefficient (Wildman–Crippen LogP) is 2.47. The van der Waals surface area contributed by atoms with Crippen molar-refractivity contribution in [3.8, 4) is 11.8 Å². The maximum Gasteiger partial charge on any atom is 0.256 e. The summed E-state index contributed by atoms with van der Waals surface area (Å²) in [4.78, 5) is 15.9. The first-order valence-electron chi connectivity index (χ1n) is 5.92. The van der Waals surface area contributed by atoms with E-state index in [1.807, 2.05) is 0 Å². The number of hydrogen-bond donors (Lipinski definition) is 2. The van der Waals surface area contributed by atoms with Crippen LogP contribution in [0.15, 0.2) is 36.5 Å². The molecule has 0 aliphatic rings. The van der Waals surface area contributed by atoms with Crippen LogP contribution >= 0.6 is 11.6 Å². The first-order valence-corrected chi connectivity index (χ1v) is 6.30. The summed E-state index contributed by atoms with van der Waals surface area (Å²) >= 11 is 5.69. The fraction of sp³-hybridized carbons (Fsp3) is 0.0667. The summed E-state index contributed by atoms with van der Waals surface area (Å²) in [5.74, 6) is 3.98. The number of benzene rings is 1. The summed E-state index contributed by atoms with van der Waals surface area (Å²) in [5, 5.41) is 11.5. The average Bonchev–Trinajstić information content (AvgIpc) is 2.48. The van der Waals surface area contributed by atoms with Crippen LogP contribution in [0.2, 0.25) is 5.02 Å². The van der Waals surface area contributed by atoms with Crippen LogP contribution in [0.4, 0.5) is 10.2 Å². The molecule has 21 heavy (non-hydrogen) atoms. The summed E-state index contributed by atoms with van der Waals surface area (Å²) in [6.07, 6.45) is 1.39. The third kappa shape index (κ3) is 4.02. The van der Waals surface area contributed by atoms with Crippen molar-refractivity contribution in [3.05, 3.63) is 58.5 Å². The van der Waals surface area contributed by atoms with Gasteiger partial charge in [-0.25, -0.2) is 9.37 Å². The lowest BCUT2D eigenvalue weighted by Gasteiger charge is -2.05. The molecule has 6 heteroatoms. The molecular formula is C15H10ClFN2O2. The second-order valence-electron chi connectivity index (χ2n) is 3.97. The van der Waals surface area contributed by atoms with E-state index in [0.29, 0.717) is 10.8 Å². The van der Waals surface area contributed by atoms with Gasteiger partial charge in [-0.3, -0.25) is 4.79 Å². The lowest BCUT2D eigenvalue weighted by atomic mass is 10.1. The standard InChI is InChI=1S/C15H10ClFN2O2/c16-12-5-6-14(18-9-12)19-15(21)11-4-3-10(2-1-7-20)13(17)8-11/h3-6,8-9,20H,7H2,(H,18,19,21). The first-order chi connectivity index (χ1) is 10.1. The zero-order valence-electron chi connectivity index (χ0n) is 10.7. The van der Waals surface area contributed by atoms with Gasteiger partial charge in [-0.15, -0.1) is 0 Å². The summed E-state index contributed by atoms with van der Waals surface area (Å²) in [5.41, 5.74) is 0.254. The Kier molecular flexibility index (Phi) is 4.88. The van der Waals surface area contributed by atoms with Crippen LogP contribution in [0.25, 0.3) is 0 Å². The smallest absolute Gasteiger partial charge is 0.256 e. The van der Waals surface area contributed by atoms with Gasteiger partial charge in [0.2, 0.25) is 0 Å². The van der Waals surface area contributed by atoms with E-state index in [0.717, 1.165) is 6.07 Å². The molecular weight excluding hydrogens is 295 g/mol. The number of aliphatic hydroxyl groups excluding tert-OH is 1. The highest BCUT2D eigenvalue weighted by molar-refractivity contribution is 6.30. The molecule has 1 aromatic carbocycles. The fourth-order valence-electron chi connectivity index (χ4n) is 1.53. The zero-order valence-corrected chi connectivity index (χ0v) is 11.5. The van der Waals surface area contributed by atoms with E-state index in [1.54, 1.807) is 6.07 Å². The molecule has 0 aliphatic carbocycles.